The quantitative estimate of drug-likeness (QED) is 0.791. The molecule has 1 rings (SSSR count). The molecule has 13 heavy (non-hydrogen) atoms. The highest BCUT2D eigenvalue weighted by Crippen LogP contribution is 2.33. The predicted octanol–water partition coefficient (Wildman–Crippen LogP) is 1.50. The van der Waals surface area contributed by atoms with Gasteiger partial charge in [0.15, 0.2) is 6.10 Å². The van der Waals surface area contributed by atoms with E-state index < -0.39 is 18.0 Å². The molecule has 1 heterocycles. The lowest BCUT2D eigenvalue weighted by atomic mass is 10.1. The van der Waals surface area contributed by atoms with Crippen molar-refractivity contribution in [3.63, 3.8) is 0 Å². The number of carbonyl (C=O) groups is 1. The molecule has 0 aliphatic rings. The van der Waals surface area contributed by atoms with Gasteiger partial charge in [-0.2, -0.15) is 8.78 Å². The van der Waals surface area contributed by atoms with Gasteiger partial charge in [0.25, 0.3) is 0 Å². The van der Waals surface area contributed by atoms with Gasteiger partial charge in [0.2, 0.25) is 0 Å². The van der Waals surface area contributed by atoms with E-state index in [-0.39, 0.29) is 4.88 Å². The van der Waals surface area contributed by atoms with Crippen LogP contribution in [0, 0.1) is 0 Å². The second-order valence-electron chi connectivity index (χ2n) is 2.35. The van der Waals surface area contributed by atoms with Crippen LogP contribution in [0.1, 0.15) is 11.0 Å². The van der Waals surface area contributed by atoms with Gasteiger partial charge in [-0.1, -0.05) is 6.07 Å². The first kappa shape index (κ1) is 10.1. The maximum Gasteiger partial charge on any atom is 0.377 e. The van der Waals surface area contributed by atoms with Gasteiger partial charge >= 0.3 is 11.9 Å². The Balaban J connectivity index is 2.90. The largest absolute Gasteiger partial charge is 0.477 e. The van der Waals surface area contributed by atoms with E-state index in [0.717, 1.165) is 11.3 Å². The maximum atomic E-state index is 12.7. The van der Waals surface area contributed by atoms with Crippen molar-refractivity contribution in [1.82, 2.24) is 0 Å². The first-order chi connectivity index (χ1) is 5.96. The molecule has 0 spiro atoms. The lowest BCUT2D eigenvalue weighted by Crippen LogP contribution is -2.35. The van der Waals surface area contributed by atoms with Crippen molar-refractivity contribution in [2.24, 2.45) is 0 Å². The highest BCUT2D eigenvalue weighted by Gasteiger charge is 2.48. The molecule has 0 aliphatic carbocycles. The van der Waals surface area contributed by atoms with Crippen molar-refractivity contribution in [1.29, 1.82) is 0 Å². The number of carboxylic acids is 1. The van der Waals surface area contributed by atoms with E-state index in [2.05, 4.69) is 0 Å². The molecule has 3 nitrogen and oxygen atoms in total. The number of alkyl halides is 2. The van der Waals surface area contributed by atoms with E-state index in [4.69, 9.17) is 10.2 Å². The molecule has 72 valence electrons. The zero-order valence-corrected chi connectivity index (χ0v) is 7.09. The summed E-state index contributed by atoms with van der Waals surface area (Å²) in [6.07, 6.45) is -2.27. The summed E-state index contributed by atoms with van der Waals surface area (Å²) in [6, 6.07) is 2.72. The average Bonchev–Trinajstić information content (AvgIpc) is 2.54. The minimum atomic E-state index is -4.13. The molecule has 1 aromatic heterocycles. The third kappa shape index (κ3) is 1.84. The summed E-state index contributed by atoms with van der Waals surface area (Å²) >= 11 is 0.882. The van der Waals surface area contributed by atoms with Crippen LogP contribution in [0.15, 0.2) is 17.5 Å². The summed E-state index contributed by atoms with van der Waals surface area (Å²) in [5.74, 6) is -6.46. The number of hydrogen-bond donors (Lipinski definition) is 2. The van der Waals surface area contributed by atoms with Crippen molar-refractivity contribution in [2.45, 2.75) is 12.0 Å². The number of aliphatic hydroxyl groups excluding tert-OH is 1. The summed E-state index contributed by atoms with van der Waals surface area (Å²) in [5, 5.41) is 18.6. The van der Waals surface area contributed by atoms with E-state index in [1.165, 1.54) is 17.5 Å². The van der Waals surface area contributed by atoms with Crippen molar-refractivity contribution < 1.29 is 23.8 Å². The van der Waals surface area contributed by atoms with Gasteiger partial charge in [0.1, 0.15) is 0 Å². The SMILES string of the molecule is O=C(O)C(F)(F)C(O)c1cccs1. The fraction of sp³-hybridized carbons (Fsp3) is 0.286. The monoisotopic (exact) mass is 208 g/mol. The van der Waals surface area contributed by atoms with Crippen LogP contribution in [0.25, 0.3) is 0 Å². The van der Waals surface area contributed by atoms with Gasteiger partial charge in [-0.15, -0.1) is 11.3 Å². The second-order valence-corrected chi connectivity index (χ2v) is 3.33. The number of aliphatic hydroxyl groups is 1. The van der Waals surface area contributed by atoms with E-state index in [0.29, 0.717) is 0 Å². The number of halogens is 2. The van der Waals surface area contributed by atoms with Crippen LogP contribution in [0.5, 0.6) is 0 Å². The Morgan fingerprint density at radius 2 is 2.23 bits per heavy atom. The zero-order chi connectivity index (χ0) is 10.1. The van der Waals surface area contributed by atoms with Crippen LogP contribution in [0.4, 0.5) is 8.78 Å². The van der Waals surface area contributed by atoms with Crippen LogP contribution in [-0.4, -0.2) is 22.1 Å². The Morgan fingerprint density at radius 3 is 2.62 bits per heavy atom. The van der Waals surface area contributed by atoms with Crippen LogP contribution < -0.4 is 0 Å². The van der Waals surface area contributed by atoms with E-state index in [1.54, 1.807) is 0 Å². The van der Waals surface area contributed by atoms with E-state index >= 15 is 0 Å². The van der Waals surface area contributed by atoms with Crippen LogP contribution in [0.2, 0.25) is 0 Å². The molecule has 0 amide bonds. The first-order valence-electron chi connectivity index (χ1n) is 3.29. The molecule has 0 saturated heterocycles. The number of hydrogen-bond acceptors (Lipinski definition) is 3. The molecule has 6 heteroatoms. The number of thiophene rings is 1. The van der Waals surface area contributed by atoms with Gasteiger partial charge in [0.05, 0.1) is 0 Å². The molecular formula is C7H6F2O3S. The van der Waals surface area contributed by atoms with Crippen molar-refractivity contribution >= 4 is 17.3 Å². The molecule has 1 aromatic rings. The van der Waals surface area contributed by atoms with E-state index in [9.17, 15) is 13.6 Å². The second kappa shape index (κ2) is 3.39. The normalized spacial score (nSPS) is 14.1. The number of rotatable bonds is 3. The highest BCUT2D eigenvalue weighted by molar-refractivity contribution is 7.10. The molecule has 0 fully saturated rings. The summed E-state index contributed by atoms with van der Waals surface area (Å²) < 4.78 is 25.3. The fourth-order valence-corrected chi connectivity index (χ4v) is 1.49. The van der Waals surface area contributed by atoms with Crippen LogP contribution >= 0.6 is 11.3 Å². The Hall–Kier alpha value is -1.01. The molecule has 2 N–H and O–H groups in total. The van der Waals surface area contributed by atoms with Crippen LogP contribution in [0.3, 0.4) is 0 Å². The number of aliphatic carboxylic acids is 1. The lowest BCUT2D eigenvalue weighted by Gasteiger charge is -2.16. The van der Waals surface area contributed by atoms with Crippen molar-refractivity contribution in [3.05, 3.63) is 22.4 Å². The third-order valence-corrected chi connectivity index (χ3v) is 2.37. The predicted molar refractivity (Wildman–Crippen MR) is 41.9 cm³/mol. The molecule has 0 aromatic carbocycles. The van der Waals surface area contributed by atoms with Gasteiger partial charge in [-0.25, -0.2) is 4.79 Å². The summed E-state index contributed by atoms with van der Waals surface area (Å²) in [4.78, 5) is 9.99. The van der Waals surface area contributed by atoms with Crippen molar-refractivity contribution in [2.75, 3.05) is 0 Å². The van der Waals surface area contributed by atoms with Gasteiger partial charge in [-0.05, 0) is 11.4 Å². The fourth-order valence-electron chi connectivity index (χ4n) is 0.742. The minimum absolute atomic E-state index is 0.0626. The molecular weight excluding hydrogens is 202 g/mol. The standard InChI is InChI=1S/C7H6F2O3S/c8-7(9,6(11)12)5(10)4-2-1-3-13-4/h1-3,5,10H,(H,11,12). The smallest absolute Gasteiger partial charge is 0.377 e. The molecule has 1 unspecified atom stereocenters. The molecule has 0 saturated carbocycles. The average molecular weight is 208 g/mol. The Labute approximate surface area is 76.2 Å². The van der Waals surface area contributed by atoms with Crippen LogP contribution in [-0.2, 0) is 4.79 Å². The summed E-state index contributed by atoms with van der Waals surface area (Å²) in [7, 11) is 0. The zero-order valence-electron chi connectivity index (χ0n) is 6.28. The minimum Gasteiger partial charge on any atom is -0.477 e. The molecule has 1 atom stereocenters. The highest BCUT2D eigenvalue weighted by atomic mass is 32.1. The molecule has 0 aliphatic heterocycles. The topological polar surface area (TPSA) is 57.5 Å². The van der Waals surface area contributed by atoms with E-state index in [1.807, 2.05) is 0 Å². The van der Waals surface area contributed by atoms with Crippen molar-refractivity contribution in [3.8, 4) is 0 Å². The Morgan fingerprint density at radius 1 is 1.62 bits per heavy atom. The first-order valence-corrected chi connectivity index (χ1v) is 4.17. The summed E-state index contributed by atoms with van der Waals surface area (Å²) in [5.41, 5.74) is 0. The lowest BCUT2D eigenvalue weighted by molar-refractivity contribution is -0.182. The van der Waals surface area contributed by atoms with Gasteiger partial charge in [-0.3, -0.25) is 0 Å². The number of carboxylic acid groups (broad SMARTS) is 1. The summed E-state index contributed by atoms with van der Waals surface area (Å²) in [6.45, 7) is 0. The van der Waals surface area contributed by atoms with Gasteiger partial charge < -0.3 is 10.2 Å². The maximum absolute atomic E-state index is 12.7. The van der Waals surface area contributed by atoms with Gasteiger partial charge in [0, 0.05) is 4.88 Å². The third-order valence-electron chi connectivity index (χ3n) is 1.44. The Kier molecular flexibility index (Phi) is 2.63. The Bertz CT molecular complexity index is 297. The molecule has 0 radical (unpaired) electrons. The molecule has 0 bridgehead atoms.